The van der Waals surface area contributed by atoms with E-state index >= 15 is 0 Å². The van der Waals surface area contributed by atoms with E-state index < -0.39 is 0 Å². The van der Waals surface area contributed by atoms with Crippen LogP contribution in [0, 0.1) is 19.7 Å². The molecule has 6 nitrogen and oxygen atoms in total. The highest BCUT2D eigenvalue weighted by atomic mass is 32.2. The third-order valence-corrected chi connectivity index (χ3v) is 6.78. The van der Waals surface area contributed by atoms with E-state index in [1.807, 2.05) is 66.9 Å². The second-order valence-electron chi connectivity index (χ2n) is 8.15. The minimum atomic E-state index is -0.322. The van der Waals surface area contributed by atoms with Crippen molar-refractivity contribution < 1.29 is 13.6 Å². The lowest BCUT2D eigenvalue weighted by Crippen LogP contribution is -2.08. The highest BCUT2D eigenvalue weighted by molar-refractivity contribution is 7.99. The Kier molecular flexibility index (Phi) is 6.37. The number of halogens is 1. The summed E-state index contributed by atoms with van der Waals surface area (Å²) in [5, 5.41) is 9.31. The van der Waals surface area contributed by atoms with Crippen LogP contribution < -0.4 is 0 Å². The highest BCUT2D eigenvalue weighted by Gasteiger charge is 2.20. The number of Topliss-reactive ketones (excluding diaryl/α,β-unsaturated/α-hetero) is 1. The number of carbonyl (C=O) groups excluding carboxylic acids is 1. The van der Waals surface area contributed by atoms with Crippen molar-refractivity contribution in [1.82, 2.24) is 19.3 Å². The van der Waals surface area contributed by atoms with Crippen LogP contribution in [0.15, 0.2) is 88.6 Å². The Hall–Kier alpha value is -3.91. The third-order valence-electron chi connectivity index (χ3n) is 5.85. The zero-order valence-electron chi connectivity index (χ0n) is 19.3. The number of hydrogen-bond acceptors (Lipinski definition) is 5. The average Bonchev–Trinajstić information content (AvgIpc) is 3.60. The van der Waals surface area contributed by atoms with Gasteiger partial charge in [0.1, 0.15) is 11.6 Å². The molecule has 0 saturated carbocycles. The lowest BCUT2D eigenvalue weighted by molar-refractivity contribution is 0.102. The molecule has 0 amide bonds. The zero-order chi connectivity index (χ0) is 24.4. The van der Waals surface area contributed by atoms with E-state index in [-0.39, 0.29) is 17.4 Å². The molecule has 35 heavy (non-hydrogen) atoms. The standard InChI is InChI=1S/C27H23FN4O2S/c1-18-15-24(19(2)31(18)16-23-9-6-14-34-23)25(33)17-35-27-30-29-26(20-7-4-3-5-8-20)32(27)22-12-10-21(28)11-13-22/h3-15H,16-17H2,1-2H3. The van der Waals surface area contributed by atoms with Gasteiger partial charge in [0.25, 0.3) is 0 Å². The van der Waals surface area contributed by atoms with Crippen molar-refractivity contribution in [3.8, 4) is 17.1 Å². The number of hydrogen-bond donors (Lipinski definition) is 0. The lowest BCUT2D eigenvalue weighted by atomic mass is 10.2. The number of carbonyl (C=O) groups is 1. The smallest absolute Gasteiger partial charge is 0.196 e. The van der Waals surface area contributed by atoms with Crippen molar-refractivity contribution in [3.63, 3.8) is 0 Å². The predicted molar refractivity (Wildman–Crippen MR) is 134 cm³/mol. The number of furan rings is 1. The number of thioether (sulfide) groups is 1. The summed E-state index contributed by atoms with van der Waals surface area (Å²) in [6.07, 6.45) is 1.65. The Morgan fingerprint density at radius 2 is 1.77 bits per heavy atom. The van der Waals surface area contributed by atoms with Crippen molar-refractivity contribution in [2.45, 2.75) is 25.5 Å². The minimum absolute atomic E-state index is 0.00344. The largest absolute Gasteiger partial charge is 0.467 e. The maximum Gasteiger partial charge on any atom is 0.196 e. The van der Waals surface area contributed by atoms with Gasteiger partial charge in [0.2, 0.25) is 0 Å². The highest BCUT2D eigenvalue weighted by Crippen LogP contribution is 2.29. The van der Waals surface area contributed by atoms with Gasteiger partial charge < -0.3 is 8.98 Å². The molecule has 0 radical (unpaired) electrons. The first-order valence-corrected chi connectivity index (χ1v) is 12.1. The monoisotopic (exact) mass is 486 g/mol. The van der Waals surface area contributed by atoms with E-state index in [1.165, 1.54) is 23.9 Å². The molecule has 0 spiro atoms. The summed E-state index contributed by atoms with van der Waals surface area (Å²) in [6, 6.07) is 21.5. The molecule has 0 unspecified atom stereocenters. The van der Waals surface area contributed by atoms with Crippen LogP contribution in [0.4, 0.5) is 4.39 Å². The van der Waals surface area contributed by atoms with Crippen molar-refractivity contribution in [1.29, 1.82) is 0 Å². The number of aryl methyl sites for hydroxylation is 1. The molecule has 176 valence electrons. The van der Waals surface area contributed by atoms with Gasteiger partial charge in [-0.15, -0.1) is 10.2 Å². The fourth-order valence-electron chi connectivity index (χ4n) is 4.05. The zero-order valence-corrected chi connectivity index (χ0v) is 20.1. The van der Waals surface area contributed by atoms with Crippen molar-refractivity contribution >= 4 is 17.5 Å². The maximum absolute atomic E-state index is 13.6. The van der Waals surface area contributed by atoms with Gasteiger partial charge in [-0.3, -0.25) is 9.36 Å². The lowest BCUT2D eigenvalue weighted by Gasteiger charge is -2.10. The first-order valence-electron chi connectivity index (χ1n) is 11.1. The van der Waals surface area contributed by atoms with Gasteiger partial charge in [0.15, 0.2) is 16.8 Å². The number of ketones is 1. The van der Waals surface area contributed by atoms with Gasteiger partial charge in [-0.2, -0.15) is 0 Å². The Morgan fingerprint density at radius 3 is 2.49 bits per heavy atom. The van der Waals surface area contributed by atoms with E-state index in [9.17, 15) is 9.18 Å². The molecule has 0 aliphatic rings. The fourth-order valence-corrected chi connectivity index (χ4v) is 4.89. The van der Waals surface area contributed by atoms with Gasteiger partial charge >= 0.3 is 0 Å². The van der Waals surface area contributed by atoms with Crippen LogP contribution in [0.2, 0.25) is 0 Å². The molecule has 3 aromatic heterocycles. The Labute approximate surface area is 206 Å². The summed E-state index contributed by atoms with van der Waals surface area (Å²) in [7, 11) is 0. The molecule has 0 N–H and O–H groups in total. The molecule has 0 fully saturated rings. The Balaban J connectivity index is 1.42. The van der Waals surface area contributed by atoms with E-state index in [2.05, 4.69) is 14.8 Å². The number of nitrogens with zero attached hydrogens (tertiary/aromatic N) is 4. The van der Waals surface area contributed by atoms with Crippen LogP contribution in [0.3, 0.4) is 0 Å². The van der Waals surface area contributed by atoms with E-state index in [4.69, 9.17) is 4.42 Å². The molecule has 2 aromatic carbocycles. The summed E-state index contributed by atoms with van der Waals surface area (Å²) in [5.41, 5.74) is 4.17. The Morgan fingerprint density at radius 1 is 1.00 bits per heavy atom. The molecule has 0 atom stereocenters. The van der Waals surface area contributed by atoms with Crippen molar-refractivity contribution in [2.75, 3.05) is 5.75 Å². The minimum Gasteiger partial charge on any atom is -0.467 e. The fraction of sp³-hybridized carbons (Fsp3) is 0.148. The number of aromatic nitrogens is 4. The van der Waals surface area contributed by atoms with E-state index in [1.54, 1.807) is 18.4 Å². The van der Waals surface area contributed by atoms with Gasteiger partial charge in [0.05, 0.1) is 18.6 Å². The van der Waals surface area contributed by atoms with Gasteiger partial charge in [-0.1, -0.05) is 42.1 Å². The molecule has 8 heteroatoms. The van der Waals surface area contributed by atoms with Crippen LogP contribution in [0.5, 0.6) is 0 Å². The molecule has 0 aliphatic carbocycles. The summed E-state index contributed by atoms with van der Waals surface area (Å²) in [6.45, 7) is 4.50. The van der Waals surface area contributed by atoms with Gasteiger partial charge in [-0.05, 0) is 56.3 Å². The normalized spacial score (nSPS) is 11.2. The molecule has 3 heterocycles. The van der Waals surface area contributed by atoms with E-state index in [0.717, 1.165) is 28.4 Å². The topological polar surface area (TPSA) is 65.8 Å². The first-order chi connectivity index (χ1) is 17.0. The molecule has 0 saturated heterocycles. The SMILES string of the molecule is Cc1cc(C(=O)CSc2nnc(-c3ccccc3)n2-c2ccc(F)cc2)c(C)n1Cc1ccco1. The summed E-state index contributed by atoms with van der Waals surface area (Å²) in [5.74, 6) is 1.34. The molecule has 0 aliphatic heterocycles. The molecular formula is C27H23FN4O2S. The van der Waals surface area contributed by atoms with Crippen LogP contribution >= 0.6 is 11.8 Å². The van der Waals surface area contributed by atoms with Gasteiger partial charge in [0, 0.05) is 28.2 Å². The van der Waals surface area contributed by atoms with E-state index in [0.29, 0.717) is 23.1 Å². The van der Waals surface area contributed by atoms with Crippen LogP contribution in [-0.4, -0.2) is 30.9 Å². The predicted octanol–water partition coefficient (Wildman–Crippen LogP) is 6.11. The number of benzene rings is 2. The van der Waals surface area contributed by atoms with Crippen LogP contribution in [0.1, 0.15) is 27.5 Å². The quantitative estimate of drug-likeness (QED) is 0.196. The summed E-state index contributed by atoms with van der Waals surface area (Å²) < 4.78 is 23.0. The van der Waals surface area contributed by atoms with Crippen molar-refractivity contribution in [3.05, 3.63) is 108 Å². The van der Waals surface area contributed by atoms with Gasteiger partial charge in [-0.25, -0.2) is 4.39 Å². The van der Waals surface area contributed by atoms with Crippen molar-refractivity contribution in [2.24, 2.45) is 0 Å². The van der Waals surface area contributed by atoms with Crippen LogP contribution in [-0.2, 0) is 6.54 Å². The van der Waals surface area contributed by atoms with Crippen LogP contribution in [0.25, 0.3) is 17.1 Å². The molecular weight excluding hydrogens is 463 g/mol. The first kappa shape index (κ1) is 22.9. The second kappa shape index (κ2) is 9.76. The summed E-state index contributed by atoms with van der Waals surface area (Å²) >= 11 is 1.31. The second-order valence-corrected chi connectivity index (χ2v) is 9.09. The summed E-state index contributed by atoms with van der Waals surface area (Å²) in [4.78, 5) is 13.2. The maximum atomic E-state index is 13.6. The molecule has 5 rings (SSSR count). The molecule has 5 aromatic rings. The third kappa shape index (κ3) is 4.70. The molecule has 0 bridgehead atoms. The number of rotatable bonds is 8. The Bertz CT molecular complexity index is 1460. The average molecular weight is 487 g/mol.